The highest BCUT2D eigenvalue weighted by atomic mass is 32.1. The topological polar surface area (TPSA) is 33.3 Å². The Morgan fingerprint density at radius 3 is 2.55 bits per heavy atom. The van der Waals surface area contributed by atoms with Gasteiger partial charge in [0.2, 0.25) is 0 Å². The summed E-state index contributed by atoms with van der Waals surface area (Å²) in [6, 6.07) is 0. The summed E-state index contributed by atoms with van der Waals surface area (Å²) in [6.07, 6.45) is 6.79. The summed E-state index contributed by atoms with van der Waals surface area (Å²) in [7, 11) is 0. The van der Waals surface area contributed by atoms with Crippen LogP contribution in [-0.4, -0.2) is 29.9 Å². The molecule has 114 valence electrons. The molecule has 4 unspecified atom stereocenters. The van der Waals surface area contributed by atoms with Crippen LogP contribution in [-0.2, 0) is 4.74 Å². The fourth-order valence-electron chi connectivity index (χ4n) is 4.67. The van der Waals surface area contributed by atoms with E-state index in [1.54, 1.807) is 0 Å². The van der Waals surface area contributed by atoms with Crippen LogP contribution in [0.5, 0.6) is 0 Å². The lowest BCUT2D eigenvalue weighted by Gasteiger charge is -2.48. The number of fused-ring (bicyclic) bond motifs is 2. The molecule has 0 aromatic carbocycles. The van der Waals surface area contributed by atoms with Crippen LogP contribution < -0.4 is 10.6 Å². The molecule has 2 aliphatic carbocycles. The largest absolute Gasteiger partial charge is 0.376 e. The molecule has 1 saturated heterocycles. The molecule has 3 rings (SSSR count). The highest BCUT2D eigenvalue weighted by Crippen LogP contribution is 2.61. The van der Waals surface area contributed by atoms with Crippen LogP contribution in [0, 0.1) is 17.3 Å². The van der Waals surface area contributed by atoms with E-state index in [0.29, 0.717) is 11.5 Å². The summed E-state index contributed by atoms with van der Waals surface area (Å²) < 4.78 is 5.64. The summed E-state index contributed by atoms with van der Waals surface area (Å²) >= 11 is 5.54. The Morgan fingerprint density at radius 1 is 1.20 bits per heavy atom. The Bertz CT molecular complexity index is 392. The average molecular weight is 296 g/mol. The minimum Gasteiger partial charge on any atom is -0.376 e. The van der Waals surface area contributed by atoms with Gasteiger partial charge in [-0.3, -0.25) is 0 Å². The van der Waals surface area contributed by atoms with Gasteiger partial charge < -0.3 is 15.4 Å². The summed E-state index contributed by atoms with van der Waals surface area (Å²) in [5.74, 6) is 1.62. The molecule has 1 heterocycles. The predicted molar refractivity (Wildman–Crippen MR) is 85.7 cm³/mol. The molecule has 4 atom stereocenters. The van der Waals surface area contributed by atoms with Crippen molar-refractivity contribution in [3.63, 3.8) is 0 Å². The molecule has 3 aliphatic rings. The van der Waals surface area contributed by atoms with Gasteiger partial charge in [0.05, 0.1) is 6.10 Å². The van der Waals surface area contributed by atoms with Gasteiger partial charge in [0.15, 0.2) is 5.11 Å². The number of ether oxygens (including phenoxy) is 1. The Hall–Kier alpha value is -0.350. The normalized spacial score (nSPS) is 41.9. The number of rotatable bonds is 3. The molecule has 0 amide bonds. The zero-order valence-electron chi connectivity index (χ0n) is 13.0. The number of hydrogen-bond donors (Lipinski definition) is 2. The van der Waals surface area contributed by atoms with E-state index in [1.807, 2.05) is 0 Å². The molecule has 2 saturated carbocycles. The Balaban J connectivity index is 1.57. The van der Waals surface area contributed by atoms with E-state index in [2.05, 4.69) is 31.4 Å². The smallest absolute Gasteiger partial charge is 0.166 e. The van der Waals surface area contributed by atoms with Crippen molar-refractivity contribution in [2.24, 2.45) is 17.3 Å². The highest BCUT2D eigenvalue weighted by molar-refractivity contribution is 7.80. The van der Waals surface area contributed by atoms with Gasteiger partial charge >= 0.3 is 0 Å². The molecule has 1 aliphatic heterocycles. The first-order valence-corrected chi connectivity index (χ1v) is 8.52. The minimum atomic E-state index is 0.135. The SMILES string of the molecule is CC1(C)C2CCC(C2)C1(C)NC(=S)NCC1CCCO1. The van der Waals surface area contributed by atoms with Crippen LogP contribution in [0.25, 0.3) is 0 Å². The summed E-state index contributed by atoms with van der Waals surface area (Å²) in [4.78, 5) is 0. The van der Waals surface area contributed by atoms with Gasteiger partial charge in [0, 0.05) is 18.7 Å². The first kappa shape index (κ1) is 14.6. The third-order valence-corrected chi connectivity index (χ3v) is 6.74. The Morgan fingerprint density at radius 2 is 1.95 bits per heavy atom. The van der Waals surface area contributed by atoms with Crippen molar-refractivity contribution in [1.29, 1.82) is 0 Å². The zero-order chi connectivity index (χ0) is 14.4. The lowest BCUT2D eigenvalue weighted by molar-refractivity contribution is 0.0823. The van der Waals surface area contributed by atoms with Gasteiger partial charge in [-0.05, 0) is 68.5 Å². The Labute approximate surface area is 128 Å². The van der Waals surface area contributed by atoms with E-state index in [9.17, 15) is 0 Å². The monoisotopic (exact) mass is 296 g/mol. The molecule has 0 aromatic heterocycles. The molecular weight excluding hydrogens is 268 g/mol. The number of nitrogens with one attached hydrogen (secondary N) is 2. The lowest BCUT2D eigenvalue weighted by atomic mass is 9.64. The van der Waals surface area contributed by atoms with E-state index in [1.165, 1.54) is 25.7 Å². The molecule has 0 spiro atoms. The van der Waals surface area contributed by atoms with Gasteiger partial charge in [-0.2, -0.15) is 0 Å². The molecule has 2 N–H and O–H groups in total. The summed E-state index contributed by atoms with van der Waals surface area (Å²) in [5.41, 5.74) is 0.460. The van der Waals surface area contributed by atoms with Crippen molar-refractivity contribution in [3.05, 3.63) is 0 Å². The second-order valence-corrected chi connectivity index (χ2v) is 8.01. The van der Waals surface area contributed by atoms with Gasteiger partial charge in [-0.1, -0.05) is 13.8 Å². The van der Waals surface area contributed by atoms with E-state index < -0.39 is 0 Å². The third-order valence-electron chi connectivity index (χ3n) is 6.50. The van der Waals surface area contributed by atoms with Crippen molar-refractivity contribution in [2.75, 3.05) is 13.2 Å². The van der Waals surface area contributed by atoms with Crippen molar-refractivity contribution < 1.29 is 4.74 Å². The van der Waals surface area contributed by atoms with Crippen LogP contribution in [0.2, 0.25) is 0 Å². The van der Waals surface area contributed by atoms with Crippen molar-refractivity contribution in [3.8, 4) is 0 Å². The van der Waals surface area contributed by atoms with Gasteiger partial charge in [0.25, 0.3) is 0 Å². The Kier molecular flexibility index (Phi) is 3.74. The fourth-order valence-corrected chi connectivity index (χ4v) is 4.96. The molecule has 3 nitrogen and oxygen atoms in total. The van der Waals surface area contributed by atoms with E-state index >= 15 is 0 Å². The van der Waals surface area contributed by atoms with Crippen LogP contribution >= 0.6 is 12.2 Å². The molecule has 20 heavy (non-hydrogen) atoms. The number of thiocarbonyl (C=S) groups is 1. The third kappa shape index (κ3) is 2.25. The van der Waals surface area contributed by atoms with Crippen LogP contribution in [0.15, 0.2) is 0 Å². The number of hydrogen-bond acceptors (Lipinski definition) is 2. The van der Waals surface area contributed by atoms with Crippen LogP contribution in [0.4, 0.5) is 0 Å². The van der Waals surface area contributed by atoms with Gasteiger partial charge in [-0.25, -0.2) is 0 Å². The second-order valence-electron chi connectivity index (χ2n) is 7.60. The van der Waals surface area contributed by atoms with Crippen LogP contribution in [0.1, 0.15) is 52.9 Å². The highest BCUT2D eigenvalue weighted by Gasteiger charge is 2.60. The van der Waals surface area contributed by atoms with Crippen molar-refractivity contribution >= 4 is 17.3 Å². The first-order chi connectivity index (χ1) is 9.43. The molecule has 0 radical (unpaired) electrons. The minimum absolute atomic E-state index is 0.135. The molecule has 0 aromatic rings. The van der Waals surface area contributed by atoms with Gasteiger partial charge in [0.1, 0.15) is 0 Å². The predicted octanol–water partition coefficient (Wildman–Crippen LogP) is 2.84. The molecule has 4 heteroatoms. The first-order valence-electron chi connectivity index (χ1n) is 8.11. The standard InChI is InChI=1S/C16H28N2OS/c1-15(2)11-6-7-12(9-11)16(15,3)18-14(20)17-10-13-5-4-8-19-13/h11-13H,4-10H2,1-3H3,(H2,17,18,20). The van der Waals surface area contributed by atoms with E-state index in [-0.39, 0.29) is 5.54 Å². The fraction of sp³-hybridized carbons (Fsp3) is 0.938. The molecular formula is C16H28N2OS. The molecule has 2 bridgehead atoms. The van der Waals surface area contributed by atoms with Crippen molar-refractivity contribution in [2.45, 2.75) is 64.5 Å². The molecule has 3 fully saturated rings. The van der Waals surface area contributed by atoms with Crippen molar-refractivity contribution in [1.82, 2.24) is 10.6 Å². The maximum absolute atomic E-state index is 5.64. The summed E-state index contributed by atoms with van der Waals surface area (Å²) in [6.45, 7) is 8.94. The maximum Gasteiger partial charge on any atom is 0.166 e. The lowest BCUT2D eigenvalue weighted by Crippen LogP contribution is -2.61. The zero-order valence-corrected chi connectivity index (χ0v) is 13.8. The second kappa shape index (κ2) is 5.13. The quantitative estimate of drug-likeness (QED) is 0.785. The average Bonchev–Trinajstić information content (AvgIpc) is 3.09. The summed E-state index contributed by atoms with van der Waals surface area (Å²) in [5, 5.41) is 7.84. The van der Waals surface area contributed by atoms with Gasteiger partial charge in [-0.15, -0.1) is 0 Å². The van der Waals surface area contributed by atoms with E-state index in [0.717, 1.165) is 36.5 Å². The van der Waals surface area contributed by atoms with E-state index in [4.69, 9.17) is 17.0 Å². The van der Waals surface area contributed by atoms with Crippen LogP contribution in [0.3, 0.4) is 0 Å². The maximum atomic E-state index is 5.64.